The van der Waals surface area contributed by atoms with E-state index in [4.69, 9.17) is 4.74 Å². The van der Waals surface area contributed by atoms with Crippen molar-refractivity contribution in [1.82, 2.24) is 20.5 Å². The van der Waals surface area contributed by atoms with Gasteiger partial charge >= 0.3 is 6.09 Å². The third kappa shape index (κ3) is 3.25. The SMILES string of the molecule is CCOC(=O)N1CCC(NC(=O)c2nonc2C)CC1. The minimum atomic E-state index is -0.297. The number of nitrogens with one attached hydrogen (secondary N) is 1. The molecule has 8 heteroatoms. The van der Waals surface area contributed by atoms with E-state index in [2.05, 4.69) is 20.3 Å². The molecule has 0 unspecified atom stereocenters. The molecule has 0 aromatic carbocycles. The van der Waals surface area contributed by atoms with Crippen molar-refractivity contribution in [2.24, 2.45) is 0 Å². The monoisotopic (exact) mass is 282 g/mol. The molecule has 2 rings (SSSR count). The van der Waals surface area contributed by atoms with Crippen LogP contribution in [0.3, 0.4) is 0 Å². The van der Waals surface area contributed by atoms with E-state index in [0.717, 1.165) is 0 Å². The first-order valence-corrected chi connectivity index (χ1v) is 6.63. The van der Waals surface area contributed by atoms with Gasteiger partial charge in [-0.1, -0.05) is 5.16 Å². The number of rotatable bonds is 3. The first kappa shape index (κ1) is 14.3. The third-order valence-electron chi connectivity index (χ3n) is 3.22. The summed E-state index contributed by atoms with van der Waals surface area (Å²) in [6.45, 7) is 4.95. The Morgan fingerprint density at radius 1 is 1.40 bits per heavy atom. The number of hydrogen-bond acceptors (Lipinski definition) is 6. The fraction of sp³-hybridized carbons (Fsp3) is 0.667. The smallest absolute Gasteiger partial charge is 0.409 e. The van der Waals surface area contributed by atoms with Gasteiger partial charge in [0.2, 0.25) is 0 Å². The van der Waals surface area contributed by atoms with Crippen LogP contribution in [0.15, 0.2) is 4.63 Å². The van der Waals surface area contributed by atoms with E-state index < -0.39 is 0 Å². The van der Waals surface area contributed by atoms with Gasteiger partial charge in [-0.2, -0.15) is 0 Å². The van der Waals surface area contributed by atoms with Crippen LogP contribution >= 0.6 is 0 Å². The highest BCUT2D eigenvalue weighted by atomic mass is 16.6. The zero-order valence-electron chi connectivity index (χ0n) is 11.6. The van der Waals surface area contributed by atoms with Gasteiger partial charge in [-0.15, -0.1) is 0 Å². The van der Waals surface area contributed by atoms with Crippen LogP contribution in [0.2, 0.25) is 0 Å². The van der Waals surface area contributed by atoms with Crippen molar-refractivity contribution >= 4 is 12.0 Å². The van der Waals surface area contributed by atoms with Gasteiger partial charge in [-0.25, -0.2) is 9.42 Å². The molecule has 1 saturated heterocycles. The van der Waals surface area contributed by atoms with E-state index in [9.17, 15) is 9.59 Å². The molecule has 20 heavy (non-hydrogen) atoms. The molecule has 0 spiro atoms. The maximum Gasteiger partial charge on any atom is 0.409 e. The highest BCUT2D eigenvalue weighted by Gasteiger charge is 2.26. The average molecular weight is 282 g/mol. The Bertz CT molecular complexity index is 480. The van der Waals surface area contributed by atoms with Gasteiger partial charge in [0, 0.05) is 19.1 Å². The van der Waals surface area contributed by atoms with Gasteiger partial charge in [0.15, 0.2) is 5.69 Å². The van der Waals surface area contributed by atoms with Crippen LogP contribution in [0.1, 0.15) is 35.9 Å². The van der Waals surface area contributed by atoms with Crippen LogP contribution in [-0.4, -0.2) is 53.0 Å². The lowest BCUT2D eigenvalue weighted by Crippen LogP contribution is -2.46. The molecule has 2 amide bonds. The second-order valence-corrected chi connectivity index (χ2v) is 4.63. The second-order valence-electron chi connectivity index (χ2n) is 4.63. The fourth-order valence-corrected chi connectivity index (χ4v) is 2.11. The first-order chi connectivity index (χ1) is 9.61. The van der Waals surface area contributed by atoms with Gasteiger partial charge in [0.05, 0.1) is 6.61 Å². The van der Waals surface area contributed by atoms with Crippen LogP contribution in [-0.2, 0) is 4.74 Å². The van der Waals surface area contributed by atoms with Crippen molar-refractivity contribution in [3.63, 3.8) is 0 Å². The third-order valence-corrected chi connectivity index (χ3v) is 3.22. The number of carbonyl (C=O) groups excluding carboxylic acids is 2. The van der Waals surface area contributed by atoms with Crippen LogP contribution < -0.4 is 5.32 Å². The summed E-state index contributed by atoms with van der Waals surface area (Å²) >= 11 is 0. The summed E-state index contributed by atoms with van der Waals surface area (Å²) in [7, 11) is 0. The fourth-order valence-electron chi connectivity index (χ4n) is 2.11. The zero-order chi connectivity index (χ0) is 14.5. The molecule has 0 saturated carbocycles. The van der Waals surface area contributed by atoms with Gasteiger partial charge in [-0.3, -0.25) is 4.79 Å². The van der Waals surface area contributed by atoms with Crippen LogP contribution in [0.5, 0.6) is 0 Å². The Kier molecular flexibility index (Phi) is 4.54. The average Bonchev–Trinajstić information content (AvgIpc) is 2.86. The molecular formula is C12H18N4O4. The first-order valence-electron chi connectivity index (χ1n) is 6.63. The predicted octanol–water partition coefficient (Wildman–Crippen LogP) is 0.729. The number of piperidine rings is 1. The van der Waals surface area contributed by atoms with Crippen LogP contribution in [0, 0.1) is 6.92 Å². The molecular weight excluding hydrogens is 264 g/mol. The summed E-state index contributed by atoms with van der Waals surface area (Å²) in [5.41, 5.74) is 0.671. The van der Waals surface area contributed by atoms with Crippen molar-refractivity contribution in [3.8, 4) is 0 Å². The van der Waals surface area contributed by atoms with Crippen molar-refractivity contribution in [2.45, 2.75) is 32.7 Å². The number of hydrogen-bond donors (Lipinski definition) is 1. The zero-order valence-corrected chi connectivity index (χ0v) is 11.6. The minimum Gasteiger partial charge on any atom is -0.450 e. The van der Waals surface area contributed by atoms with Crippen molar-refractivity contribution in [3.05, 3.63) is 11.4 Å². The summed E-state index contributed by atoms with van der Waals surface area (Å²) in [4.78, 5) is 25.1. The Morgan fingerprint density at radius 3 is 2.65 bits per heavy atom. The van der Waals surface area contributed by atoms with E-state index >= 15 is 0 Å². The number of carbonyl (C=O) groups is 2. The van der Waals surface area contributed by atoms with E-state index in [1.54, 1.807) is 18.7 Å². The topological polar surface area (TPSA) is 97.6 Å². The Balaban J connectivity index is 1.81. The molecule has 0 bridgehead atoms. The van der Waals surface area contributed by atoms with E-state index in [0.29, 0.717) is 38.2 Å². The minimum absolute atomic E-state index is 0.0178. The summed E-state index contributed by atoms with van der Waals surface area (Å²) in [5.74, 6) is -0.293. The Hall–Kier alpha value is -2.12. The standard InChI is InChI=1S/C12H18N4O4/c1-3-19-12(18)16-6-4-9(5-7-16)13-11(17)10-8(2)14-20-15-10/h9H,3-7H2,1-2H3,(H,13,17). The lowest BCUT2D eigenvalue weighted by molar-refractivity contribution is 0.0853. The number of nitrogens with zero attached hydrogens (tertiary/aromatic N) is 3. The molecule has 1 aliphatic heterocycles. The molecule has 1 aromatic heterocycles. The van der Waals surface area contributed by atoms with Gasteiger partial charge < -0.3 is 15.0 Å². The van der Waals surface area contributed by atoms with Gasteiger partial charge in [0.1, 0.15) is 5.69 Å². The lowest BCUT2D eigenvalue weighted by Gasteiger charge is -2.31. The Morgan fingerprint density at radius 2 is 2.10 bits per heavy atom. The largest absolute Gasteiger partial charge is 0.450 e. The molecule has 1 N–H and O–H groups in total. The summed E-state index contributed by atoms with van der Waals surface area (Å²) in [6, 6.07) is 0.0178. The summed E-state index contributed by atoms with van der Waals surface area (Å²) in [6.07, 6.45) is 1.08. The van der Waals surface area contributed by atoms with Crippen LogP contribution in [0.25, 0.3) is 0 Å². The number of aryl methyl sites for hydroxylation is 1. The summed E-state index contributed by atoms with van der Waals surface area (Å²) < 4.78 is 9.44. The maximum atomic E-state index is 11.9. The number of ether oxygens (including phenoxy) is 1. The normalized spacial score (nSPS) is 16.0. The van der Waals surface area contributed by atoms with E-state index in [-0.39, 0.29) is 23.7 Å². The molecule has 1 aliphatic rings. The molecule has 110 valence electrons. The molecule has 8 nitrogen and oxygen atoms in total. The molecule has 0 radical (unpaired) electrons. The Labute approximate surface area is 116 Å². The molecule has 1 aromatic rings. The van der Waals surface area contributed by atoms with E-state index in [1.165, 1.54) is 0 Å². The van der Waals surface area contributed by atoms with Gasteiger partial charge in [0.25, 0.3) is 5.91 Å². The summed E-state index contributed by atoms with van der Waals surface area (Å²) in [5, 5.41) is 10.0. The van der Waals surface area contributed by atoms with Crippen molar-refractivity contribution in [2.75, 3.05) is 19.7 Å². The van der Waals surface area contributed by atoms with Crippen molar-refractivity contribution in [1.29, 1.82) is 0 Å². The molecule has 1 fully saturated rings. The highest BCUT2D eigenvalue weighted by molar-refractivity contribution is 5.93. The number of amides is 2. The maximum absolute atomic E-state index is 11.9. The van der Waals surface area contributed by atoms with Crippen LogP contribution in [0.4, 0.5) is 4.79 Å². The van der Waals surface area contributed by atoms with E-state index in [1.807, 2.05) is 0 Å². The van der Waals surface area contributed by atoms with Gasteiger partial charge in [-0.05, 0) is 31.8 Å². The molecule has 0 atom stereocenters. The quantitative estimate of drug-likeness (QED) is 0.877. The second kappa shape index (κ2) is 6.36. The lowest BCUT2D eigenvalue weighted by atomic mass is 10.1. The molecule has 0 aliphatic carbocycles. The predicted molar refractivity (Wildman–Crippen MR) is 68.1 cm³/mol. The number of aromatic nitrogens is 2. The van der Waals surface area contributed by atoms with Crippen molar-refractivity contribution < 1.29 is 19.0 Å². The molecule has 2 heterocycles. The highest BCUT2D eigenvalue weighted by Crippen LogP contribution is 2.12. The number of likely N-dealkylation sites (tertiary alicyclic amines) is 1.